The molecule has 108 valence electrons. The fourth-order valence-electron chi connectivity index (χ4n) is 2.43. The number of nitrogens with one attached hydrogen (secondary N) is 1. The molecule has 1 aromatic carbocycles. The molecule has 0 fully saturated rings. The van der Waals surface area contributed by atoms with Crippen molar-refractivity contribution >= 4 is 16.6 Å². The van der Waals surface area contributed by atoms with Crippen LogP contribution in [0.1, 0.15) is 32.4 Å². The quantitative estimate of drug-likeness (QED) is 0.841. The molecule has 3 nitrogen and oxygen atoms in total. The van der Waals surface area contributed by atoms with Crippen molar-refractivity contribution in [2.45, 2.75) is 33.6 Å². The summed E-state index contributed by atoms with van der Waals surface area (Å²) >= 11 is 0. The van der Waals surface area contributed by atoms with E-state index in [-0.39, 0.29) is 12.0 Å². The van der Waals surface area contributed by atoms with Crippen molar-refractivity contribution in [3.8, 4) is 0 Å². The van der Waals surface area contributed by atoms with Crippen LogP contribution in [0.2, 0.25) is 0 Å². The molecule has 0 spiro atoms. The number of para-hydroxylation sites is 1. The Labute approximate surface area is 121 Å². The summed E-state index contributed by atoms with van der Waals surface area (Å²) in [6.07, 6.45) is 1.86. The highest BCUT2D eigenvalue weighted by Gasteiger charge is 2.17. The molecule has 0 aliphatic rings. The maximum absolute atomic E-state index is 8.96. The Balaban J connectivity index is 2.17. The van der Waals surface area contributed by atoms with E-state index in [1.165, 1.54) is 0 Å². The summed E-state index contributed by atoms with van der Waals surface area (Å²) in [7, 11) is 0. The molecule has 0 aliphatic heterocycles. The van der Waals surface area contributed by atoms with Crippen molar-refractivity contribution in [3.63, 3.8) is 0 Å². The van der Waals surface area contributed by atoms with Gasteiger partial charge in [0.15, 0.2) is 0 Å². The molecule has 0 bridgehead atoms. The highest BCUT2D eigenvalue weighted by molar-refractivity contribution is 5.91. The van der Waals surface area contributed by atoms with Crippen molar-refractivity contribution < 1.29 is 5.11 Å². The maximum Gasteiger partial charge on any atom is 0.0725 e. The molecule has 3 heteroatoms. The predicted molar refractivity (Wildman–Crippen MR) is 85.1 cm³/mol. The largest absolute Gasteiger partial charge is 0.396 e. The molecule has 0 atom stereocenters. The fraction of sp³-hybridized carbons (Fsp3) is 0.471. The van der Waals surface area contributed by atoms with E-state index in [1.54, 1.807) is 0 Å². The Morgan fingerprint density at radius 2 is 2.00 bits per heavy atom. The van der Waals surface area contributed by atoms with Gasteiger partial charge in [0, 0.05) is 29.9 Å². The Kier molecular flexibility index (Phi) is 4.61. The molecule has 0 saturated carbocycles. The summed E-state index contributed by atoms with van der Waals surface area (Å²) in [6.45, 7) is 7.63. The number of benzene rings is 1. The molecule has 20 heavy (non-hydrogen) atoms. The standard InChI is InChI=1S/C17H24N2O/c1-13-11-16(14-7-4-5-8-15(14)19-13)18-12-17(2,3)9-6-10-20/h4-5,7-8,11,20H,6,9-10,12H2,1-3H3,(H,18,19). The number of aliphatic hydroxyl groups is 1. The second-order valence-electron chi connectivity index (χ2n) is 6.17. The van der Waals surface area contributed by atoms with Crippen molar-refractivity contribution in [2.75, 3.05) is 18.5 Å². The number of fused-ring (bicyclic) bond motifs is 1. The van der Waals surface area contributed by atoms with Crippen LogP contribution < -0.4 is 5.32 Å². The van der Waals surface area contributed by atoms with Crippen LogP contribution in [-0.2, 0) is 0 Å². The normalized spacial score (nSPS) is 11.8. The average molecular weight is 272 g/mol. The van der Waals surface area contributed by atoms with E-state index in [0.29, 0.717) is 0 Å². The Hall–Kier alpha value is -1.61. The number of aliphatic hydroxyl groups excluding tert-OH is 1. The van der Waals surface area contributed by atoms with E-state index in [4.69, 9.17) is 5.11 Å². The minimum absolute atomic E-state index is 0.168. The molecule has 0 aliphatic carbocycles. The van der Waals surface area contributed by atoms with E-state index in [0.717, 1.165) is 41.7 Å². The number of aromatic nitrogens is 1. The summed E-state index contributed by atoms with van der Waals surface area (Å²) in [5.41, 5.74) is 3.37. The number of hydrogen-bond donors (Lipinski definition) is 2. The number of aryl methyl sites for hydroxylation is 1. The third kappa shape index (κ3) is 3.70. The van der Waals surface area contributed by atoms with Crippen molar-refractivity contribution in [1.82, 2.24) is 4.98 Å². The minimum Gasteiger partial charge on any atom is -0.396 e. The number of nitrogens with zero attached hydrogens (tertiary/aromatic N) is 1. The van der Waals surface area contributed by atoms with Gasteiger partial charge in [-0.2, -0.15) is 0 Å². The van der Waals surface area contributed by atoms with Crippen LogP contribution in [0.4, 0.5) is 5.69 Å². The number of rotatable bonds is 6. The van der Waals surface area contributed by atoms with Gasteiger partial charge in [-0.05, 0) is 37.3 Å². The van der Waals surface area contributed by atoms with Crippen LogP contribution in [-0.4, -0.2) is 23.2 Å². The monoisotopic (exact) mass is 272 g/mol. The Morgan fingerprint density at radius 3 is 2.75 bits per heavy atom. The highest BCUT2D eigenvalue weighted by Crippen LogP contribution is 2.27. The van der Waals surface area contributed by atoms with E-state index in [2.05, 4.69) is 36.3 Å². The van der Waals surface area contributed by atoms with Gasteiger partial charge in [-0.25, -0.2) is 0 Å². The lowest BCUT2D eigenvalue weighted by Crippen LogP contribution is -2.23. The smallest absolute Gasteiger partial charge is 0.0725 e. The van der Waals surface area contributed by atoms with Gasteiger partial charge in [-0.15, -0.1) is 0 Å². The number of pyridine rings is 1. The van der Waals surface area contributed by atoms with Gasteiger partial charge in [0.1, 0.15) is 0 Å². The first-order valence-corrected chi connectivity index (χ1v) is 7.23. The number of anilines is 1. The zero-order valence-electron chi connectivity index (χ0n) is 12.6. The molecule has 1 heterocycles. The van der Waals surface area contributed by atoms with Crippen LogP contribution in [0, 0.1) is 12.3 Å². The first-order chi connectivity index (χ1) is 9.52. The third-order valence-electron chi connectivity index (χ3n) is 3.61. The van der Waals surface area contributed by atoms with Gasteiger partial charge in [0.05, 0.1) is 5.52 Å². The molecule has 0 radical (unpaired) electrons. The first kappa shape index (κ1) is 14.8. The minimum atomic E-state index is 0.168. The Bertz CT molecular complexity index is 578. The summed E-state index contributed by atoms with van der Waals surface area (Å²) < 4.78 is 0. The lowest BCUT2D eigenvalue weighted by atomic mass is 9.88. The lowest BCUT2D eigenvalue weighted by Gasteiger charge is -2.25. The van der Waals surface area contributed by atoms with Gasteiger partial charge in [0.2, 0.25) is 0 Å². The molecule has 2 rings (SSSR count). The Morgan fingerprint density at radius 1 is 1.25 bits per heavy atom. The zero-order valence-corrected chi connectivity index (χ0v) is 12.6. The second-order valence-corrected chi connectivity index (χ2v) is 6.17. The highest BCUT2D eigenvalue weighted by atomic mass is 16.2. The summed E-state index contributed by atoms with van der Waals surface area (Å²) in [5.74, 6) is 0. The summed E-state index contributed by atoms with van der Waals surface area (Å²) in [6, 6.07) is 10.3. The van der Waals surface area contributed by atoms with Crippen molar-refractivity contribution in [1.29, 1.82) is 0 Å². The molecular weight excluding hydrogens is 248 g/mol. The van der Waals surface area contributed by atoms with Crippen LogP contribution in [0.25, 0.3) is 10.9 Å². The zero-order chi connectivity index (χ0) is 14.6. The van der Waals surface area contributed by atoms with E-state index >= 15 is 0 Å². The molecule has 0 saturated heterocycles. The predicted octanol–water partition coefficient (Wildman–Crippen LogP) is 3.75. The third-order valence-corrected chi connectivity index (χ3v) is 3.61. The average Bonchev–Trinajstić information content (AvgIpc) is 2.42. The summed E-state index contributed by atoms with van der Waals surface area (Å²) in [5, 5.41) is 13.7. The maximum atomic E-state index is 8.96. The molecule has 1 aromatic heterocycles. The molecule has 2 aromatic rings. The van der Waals surface area contributed by atoms with E-state index < -0.39 is 0 Å². The summed E-state index contributed by atoms with van der Waals surface area (Å²) in [4.78, 5) is 4.56. The van der Waals surface area contributed by atoms with E-state index in [1.807, 2.05) is 25.1 Å². The van der Waals surface area contributed by atoms with Crippen molar-refractivity contribution in [2.24, 2.45) is 5.41 Å². The fourth-order valence-corrected chi connectivity index (χ4v) is 2.43. The molecule has 2 N–H and O–H groups in total. The topological polar surface area (TPSA) is 45.1 Å². The van der Waals surface area contributed by atoms with Gasteiger partial charge in [0.25, 0.3) is 0 Å². The van der Waals surface area contributed by atoms with Gasteiger partial charge in [-0.1, -0.05) is 32.0 Å². The molecule has 0 unspecified atom stereocenters. The van der Waals surface area contributed by atoms with Crippen LogP contribution in [0.15, 0.2) is 30.3 Å². The SMILES string of the molecule is Cc1cc(NCC(C)(C)CCCO)c2ccccc2n1. The molecule has 0 amide bonds. The van der Waals surface area contributed by atoms with Crippen LogP contribution >= 0.6 is 0 Å². The van der Waals surface area contributed by atoms with E-state index in [9.17, 15) is 0 Å². The lowest BCUT2D eigenvalue weighted by molar-refractivity contribution is 0.248. The van der Waals surface area contributed by atoms with Crippen LogP contribution in [0.5, 0.6) is 0 Å². The molecular formula is C17H24N2O. The second kappa shape index (κ2) is 6.23. The van der Waals surface area contributed by atoms with Crippen molar-refractivity contribution in [3.05, 3.63) is 36.0 Å². The van der Waals surface area contributed by atoms with Gasteiger partial charge >= 0.3 is 0 Å². The van der Waals surface area contributed by atoms with Gasteiger partial charge in [-0.3, -0.25) is 4.98 Å². The first-order valence-electron chi connectivity index (χ1n) is 7.23. The van der Waals surface area contributed by atoms with Crippen LogP contribution in [0.3, 0.4) is 0 Å². The number of hydrogen-bond acceptors (Lipinski definition) is 3. The van der Waals surface area contributed by atoms with Gasteiger partial charge < -0.3 is 10.4 Å².